The lowest BCUT2D eigenvalue weighted by molar-refractivity contribution is 0.173. The van der Waals surface area contributed by atoms with E-state index in [1.165, 1.54) is 0 Å². The first-order chi connectivity index (χ1) is 5.13. The molecule has 1 heterocycles. The molecule has 1 rings (SSSR count). The van der Waals surface area contributed by atoms with Crippen molar-refractivity contribution in [2.24, 2.45) is 0 Å². The molecule has 1 aliphatic rings. The van der Waals surface area contributed by atoms with Crippen molar-refractivity contribution in [2.45, 2.75) is 24.9 Å². The van der Waals surface area contributed by atoms with E-state index in [2.05, 4.69) is 24.2 Å². The van der Waals surface area contributed by atoms with Gasteiger partial charge in [-0.05, 0) is 27.4 Å². The highest BCUT2D eigenvalue weighted by Crippen LogP contribution is 2.24. The number of rotatable bonds is 2. The standard InChI is InChI=1S/C8H18N2O/c1-7-4-8(6-11,9-2)5-10(7)3/h7,9,11H,4-6H2,1-3H3. The van der Waals surface area contributed by atoms with Gasteiger partial charge in [-0.3, -0.25) is 0 Å². The number of nitrogens with zero attached hydrogens (tertiary/aromatic N) is 1. The van der Waals surface area contributed by atoms with Gasteiger partial charge in [-0.25, -0.2) is 0 Å². The molecule has 0 aromatic carbocycles. The number of hydrogen-bond acceptors (Lipinski definition) is 3. The van der Waals surface area contributed by atoms with Crippen LogP contribution in [0.2, 0.25) is 0 Å². The topological polar surface area (TPSA) is 35.5 Å². The number of nitrogens with one attached hydrogen (secondary N) is 1. The van der Waals surface area contributed by atoms with Gasteiger partial charge in [0.25, 0.3) is 0 Å². The Bertz CT molecular complexity index is 122. The first-order valence-electron chi connectivity index (χ1n) is 4.13. The normalized spacial score (nSPS) is 39.8. The van der Waals surface area contributed by atoms with E-state index in [0.717, 1.165) is 13.0 Å². The van der Waals surface area contributed by atoms with Gasteiger partial charge in [0.2, 0.25) is 0 Å². The van der Waals surface area contributed by atoms with E-state index in [1.807, 2.05) is 7.05 Å². The fourth-order valence-electron chi connectivity index (χ4n) is 1.79. The van der Waals surface area contributed by atoms with Gasteiger partial charge in [-0.1, -0.05) is 0 Å². The molecule has 0 amide bonds. The van der Waals surface area contributed by atoms with Gasteiger partial charge in [0.15, 0.2) is 0 Å². The second kappa shape index (κ2) is 3.09. The third-order valence-electron chi connectivity index (χ3n) is 2.82. The minimum atomic E-state index is -0.0475. The van der Waals surface area contributed by atoms with Crippen molar-refractivity contribution in [3.63, 3.8) is 0 Å². The highest BCUT2D eigenvalue weighted by molar-refractivity contribution is 4.98. The molecule has 2 atom stereocenters. The number of likely N-dealkylation sites (tertiary alicyclic amines) is 1. The first kappa shape index (κ1) is 8.97. The lowest BCUT2D eigenvalue weighted by atomic mass is 9.98. The molecule has 1 saturated heterocycles. The van der Waals surface area contributed by atoms with Crippen LogP contribution >= 0.6 is 0 Å². The third kappa shape index (κ3) is 1.55. The van der Waals surface area contributed by atoms with E-state index in [-0.39, 0.29) is 12.1 Å². The summed E-state index contributed by atoms with van der Waals surface area (Å²) < 4.78 is 0. The molecule has 2 unspecified atom stereocenters. The molecule has 0 aliphatic carbocycles. The van der Waals surface area contributed by atoms with Crippen molar-refractivity contribution in [1.29, 1.82) is 0 Å². The summed E-state index contributed by atoms with van der Waals surface area (Å²) in [6.45, 7) is 3.37. The Kier molecular flexibility index (Phi) is 2.52. The van der Waals surface area contributed by atoms with Gasteiger partial charge in [0.05, 0.1) is 12.1 Å². The molecule has 0 aromatic rings. The average molecular weight is 158 g/mol. The predicted molar refractivity (Wildman–Crippen MR) is 45.6 cm³/mol. The molecular weight excluding hydrogens is 140 g/mol. The number of aliphatic hydroxyl groups excluding tert-OH is 1. The van der Waals surface area contributed by atoms with Crippen LogP contribution < -0.4 is 5.32 Å². The van der Waals surface area contributed by atoms with Crippen molar-refractivity contribution in [2.75, 3.05) is 27.2 Å². The molecule has 0 bridgehead atoms. The van der Waals surface area contributed by atoms with Gasteiger partial charge < -0.3 is 15.3 Å². The fraction of sp³-hybridized carbons (Fsp3) is 1.00. The first-order valence-corrected chi connectivity index (χ1v) is 4.13. The molecular formula is C8H18N2O. The Hall–Kier alpha value is -0.120. The van der Waals surface area contributed by atoms with Crippen LogP contribution in [-0.4, -0.2) is 48.8 Å². The smallest absolute Gasteiger partial charge is 0.0626 e. The summed E-state index contributed by atoms with van der Waals surface area (Å²) in [6, 6.07) is 0.578. The second-order valence-corrected chi connectivity index (χ2v) is 3.66. The third-order valence-corrected chi connectivity index (χ3v) is 2.82. The monoisotopic (exact) mass is 158 g/mol. The molecule has 0 aromatic heterocycles. The highest BCUT2D eigenvalue weighted by atomic mass is 16.3. The summed E-state index contributed by atoms with van der Waals surface area (Å²) in [4.78, 5) is 2.27. The Labute approximate surface area is 68.4 Å². The second-order valence-electron chi connectivity index (χ2n) is 3.66. The summed E-state index contributed by atoms with van der Waals surface area (Å²) >= 11 is 0. The zero-order chi connectivity index (χ0) is 8.48. The lowest BCUT2D eigenvalue weighted by Gasteiger charge is -2.25. The highest BCUT2D eigenvalue weighted by Gasteiger charge is 2.38. The molecule has 1 aliphatic heterocycles. The van der Waals surface area contributed by atoms with Crippen LogP contribution in [0.15, 0.2) is 0 Å². The SMILES string of the molecule is CNC1(CO)CC(C)N(C)C1. The van der Waals surface area contributed by atoms with E-state index in [1.54, 1.807) is 0 Å². The van der Waals surface area contributed by atoms with E-state index in [0.29, 0.717) is 6.04 Å². The summed E-state index contributed by atoms with van der Waals surface area (Å²) in [5.41, 5.74) is -0.0475. The zero-order valence-corrected chi connectivity index (χ0v) is 7.59. The fourth-order valence-corrected chi connectivity index (χ4v) is 1.79. The van der Waals surface area contributed by atoms with Crippen LogP contribution in [0.4, 0.5) is 0 Å². The molecule has 2 N–H and O–H groups in total. The number of likely N-dealkylation sites (N-methyl/N-ethyl adjacent to an activating group) is 2. The molecule has 0 radical (unpaired) electrons. The van der Waals surface area contributed by atoms with E-state index in [4.69, 9.17) is 5.11 Å². The largest absolute Gasteiger partial charge is 0.394 e. The van der Waals surface area contributed by atoms with Gasteiger partial charge in [0.1, 0.15) is 0 Å². The maximum atomic E-state index is 9.16. The Morgan fingerprint density at radius 3 is 2.55 bits per heavy atom. The minimum Gasteiger partial charge on any atom is -0.394 e. The van der Waals surface area contributed by atoms with Gasteiger partial charge >= 0.3 is 0 Å². The van der Waals surface area contributed by atoms with Gasteiger partial charge in [-0.2, -0.15) is 0 Å². The van der Waals surface area contributed by atoms with Crippen LogP contribution in [0.3, 0.4) is 0 Å². The molecule has 66 valence electrons. The van der Waals surface area contributed by atoms with Crippen LogP contribution in [0, 0.1) is 0 Å². The summed E-state index contributed by atoms with van der Waals surface area (Å²) in [5, 5.41) is 12.4. The lowest BCUT2D eigenvalue weighted by Crippen LogP contribution is -2.48. The molecule has 1 fully saturated rings. The average Bonchev–Trinajstić information content (AvgIpc) is 2.29. The quantitative estimate of drug-likeness (QED) is 0.577. The van der Waals surface area contributed by atoms with Crippen molar-refractivity contribution in [3.05, 3.63) is 0 Å². The molecule has 3 heteroatoms. The van der Waals surface area contributed by atoms with Crippen LogP contribution in [0.25, 0.3) is 0 Å². The van der Waals surface area contributed by atoms with E-state index < -0.39 is 0 Å². The maximum Gasteiger partial charge on any atom is 0.0626 e. The summed E-state index contributed by atoms with van der Waals surface area (Å²) in [5.74, 6) is 0. The molecule has 0 spiro atoms. The number of aliphatic hydroxyl groups is 1. The van der Waals surface area contributed by atoms with E-state index >= 15 is 0 Å². The maximum absolute atomic E-state index is 9.16. The summed E-state index contributed by atoms with van der Waals surface area (Å²) in [6.07, 6.45) is 1.04. The van der Waals surface area contributed by atoms with E-state index in [9.17, 15) is 0 Å². The van der Waals surface area contributed by atoms with Crippen molar-refractivity contribution in [1.82, 2.24) is 10.2 Å². The molecule has 0 saturated carbocycles. The van der Waals surface area contributed by atoms with Crippen molar-refractivity contribution < 1.29 is 5.11 Å². The Morgan fingerprint density at radius 1 is 1.73 bits per heavy atom. The van der Waals surface area contributed by atoms with Gasteiger partial charge in [0, 0.05) is 12.6 Å². The van der Waals surface area contributed by atoms with Gasteiger partial charge in [-0.15, -0.1) is 0 Å². The predicted octanol–water partition coefficient (Wildman–Crippen LogP) is -0.339. The minimum absolute atomic E-state index is 0.0475. The number of hydrogen-bond donors (Lipinski definition) is 2. The molecule has 3 nitrogen and oxygen atoms in total. The van der Waals surface area contributed by atoms with Crippen LogP contribution in [0.5, 0.6) is 0 Å². The van der Waals surface area contributed by atoms with Crippen molar-refractivity contribution >= 4 is 0 Å². The van der Waals surface area contributed by atoms with Crippen LogP contribution in [-0.2, 0) is 0 Å². The van der Waals surface area contributed by atoms with Crippen LogP contribution in [0.1, 0.15) is 13.3 Å². The Balaban J connectivity index is 2.61. The molecule has 11 heavy (non-hydrogen) atoms. The Morgan fingerprint density at radius 2 is 2.36 bits per heavy atom. The summed E-state index contributed by atoms with van der Waals surface area (Å²) in [7, 11) is 4.02. The van der Waals surface area contributed by atoms with Crippen molar-refractivity contribution in [3.8, 4) is 0 Å². The zero-order valence-electron chi connectivity index (χ0n) is 7.59.